The van der Waals surface area contributed by atoms with Gasteiger partial charge in [0.1, 0.15) is 5.82 Å². The second-order valence-corrected chi connectivity index (χ2v) is 7.26. The molecule has 5 nitrogen and oxygen atoms in total. The van der Waals surface area contributed by atoms with Gasteiger partial charge in [-0.1, -0.05) is 18.2 Å². The molecule has 1 atom stereocenters. The Morgan fingerprint density at radius 3 is 2.63 bits per heavy atom. The summed E-state index contributed by atoms with van der Waals surface area (Å²) in [7, 11) is 0. The standard InChI is InChI=1S/C20H23FN2O3S/c1-14(23-19(25)8-7-17(24)18-6-3-11-27-18)9-10-22-20(26)13-15-4-2-5-16(21)12-15/h2-6,11-12,14H,7-10,13H2,1H3,(H,22,26)(H,23,25)/t14-/m0/s1. The maximum atomic E-state index is 13.1. The van der Waals surface area contributed by atoms with Crippen molar-refractivity contribution in [2.75, 3.05) is 6.54 Å². The summed E-state index contributed by atoms with van der Waals surface area (Å²) in [5.74, 6) is -0.772. The van der Waals surface area contributed by atoms with Crippen LogP contribution in [0.2, 0.25) is 0 Å². The Morgan fingerprint density at radius 1 is 1.11 bits per heavy atom. The van der Waals surface area contributed by atoms with Crippen LogP contribution in [-0.2, 0) is 16.0 Å². The fraction of sp³-hybridized carbons (Fsp3) is 0.350. The number of benzene rings is 1. The molecule has 2 aromatic rings. The summed E-state index contributed by atoms with van der Waals surface area (Å²) in [6.07, 6.45) is 1.01. The number of thiophene rings is 1. The van der Waals surface area contributed by atoms with Crippen molar-refractivity contribution < 1.29 is 18.8 Å². The van der Waals surface area contributed by atoms with Crippen LogP contribution in [0.25, 0.3) is 0 Å². The number of carbonyl (C=O) groups is 3. The Morgan fingerprint density at radius 2 is 1.93 bits per heavy atom. The lowest BCUT2D eigenvalue weighted by molar-refractivity contribution is -0.121. The largest absolute Gasteiger partial charge is 0.356 e. The first-order chi connectivity index (χ1) is 12.9. The minimum Gasteiger partial charge on any atom is -0.356 e. The monoisotopic (exact) mass is 390 g/mol. The second-order valence-electron chi connectivity index (χ2n) is 6.31. The van der Waals surface area contributed by atoms with Crippen molar-refractivity contribution >= 4 is 28.9 Å². The van der Waals surface area contributed by atoms with E-state index in [0.29, 0.717) is 23.4 Å². The van der Waals surface area contributed by atoms with Gasteiger partial charge in [-0.2, -0.15) is 0 Å². The minimum absolute atomic E-state index is 0.0302. The first-order valence-corrected chi connectivity index (χ1v) is 9.69. The van der Waals surface area contributed by atoms with Gasteiger partial charge >= 0.3 is 0 Å². The van der Waals surface area contributed by atoms with Crippen LogP contribution in [0.15, 0.2) is 41.8 Å². The molecule has 27 heavy (non-hydrogen) atoms. The Bertz CT molecular complexity index is 777. The molecule has 0 saturated carbocycles. The number of amides is 2. The van der Waals surface area contributed by atoms with Crippen molar-refractivity contribution in [2.45, 2.75) is 38.6 Å². The van der Waals surface area contributed by atoms with E-state index >= 15 is 0 Å². The number of Topliss-reactive ketones (excluding diaryl/α,β-unsaturated/α-hetero) is 1. The molecule has 144 valence electrons. The van der Waals surface area contributed by atoms with E-state index in [4.69, 9.17) is 0 Å². The van der Waals surface area contributed by atoms with Crippen LogP contribution in [0.3, 0.4) is 0 Å². The average Bonchev–Trinajstić information content (AvgIpc) is 3.14. The van der Waals surface area contributed by atoms with Crippen molar-refractivity contribution in [2.24, 2.45) is 0 Å². The van der Waals surface area contributed by atoms with Crippen LogP contribution in [0, 0.1) is 5.82 Å². The van der Waals surface area contributed by atoms with E-state index in [2.05, 4.69) is 10.6 Å². The van der Waals surface area contributed by atoms with Crippen molar-refractivity contribution in [3.63, 3.8) is 0 Å². The van der Waals surface area contributed by atoms with Crippen molar-refractivity contribution in [1.82, 2.24) is 10.6 Å². The van der Waals surface area contributed by atoms with Crippen LogP contribution < -0.4 is 10.6 Å². The Balaban J connectivity index is 1.61. The molecule has 2 rings (SSSR count). The summed E-state index contributed by atoms with van der Waals surface area (Å²) in [5, 5.41) is 7.41. The summed E-state index contributed by atoms with van der Waals surface area (Å²) in [5.41, 5.74) is 0.615. The van der Waals surface area contributed by atoms with Crippen LogP contribution in [0.4, 0.5) is 4.39 Å². The zero-order valence-corrected chi connectivity index (χ0v) is 16.0. The Hall–Kier alpha value is -2.54. The number of hydrogen-bond donors (Lipinski definition) is 2. The van der Waals surface area contributed by atoms with E-state index in [9.17, 15) is 18.8 Å². The zero-order chi connectivity index (χ0) is 19.6. The molecular formula is C20H23FN2O3S. The maximum absolute atomic E-state index is 13.1. The van der Waals surface area contributed by atoms with Gasteiger partial charge in [-0.05, 0) is 42.5 Å². The van der Waals surface area contributed by atoms with Gasteiger partial charge in [0.15, 0.2) is 5.78 Å². The van der Waals surface area contributed by atoms with Gasteiger partial charge in [-0.3, -0.25) is 14.4 Å². The smallest absolute Gasteiger partial charge is 0.224 e. The highest BCUT2D eigenvalue weighted by Gasteiger charge is 2.12. The quantitative estimate of drug-likeness (QED) is 0.612. The van der Waals surface area contributed by atoms with Crippen LogP contribution >= 0.6 is 11.3 Å². The highest BCUT2D eigenvalue weighted by atomic mass is 32.1. The fourth-order valence-electron chi connectivity index (χ4n) is 2.53. The van der Waals surface area contributed by atoms with Crippen LogP contribution in [-0.4, -0.2) is 30.2 Å². The SMILES string of the molecule is C[C@@H](CCNC(=O)Cc1cccc(F)c1)NC(=O)CCC(=O)c1cccs1. The number of hydrogen-bond acceptors (Lipinski definition) is 4. The van der Waals surface area contributed by atoms with Gasteiger partial charge in [0.25, 0.3) is 0 Å². The predicted molar refractivity (Wildman–Crippen MR) is 103 cm³/mol. The third kappa shape index (κ3) is 7.70. The summed E-state index contributed by atoms with van der Waals surface area (Å²) < 4.78 is 13.1. The number of rotatable bonds is 10. The number of carbonyl (C=O) groups excluding carboxylic acids is 3. The molecule has 2 N–H and O–H groups in total. The third-order valence-electron chi connectivity index (χ3n) is 3.94. The molecule has 0 fully saturated rings. The van der Waals surface area contributed by atoms with E-state index in [-0.39, 0.29) is 48.7 Å². The van der Waals surface area contributed by atoms with Gasteiger partial charge in [0.05, 0.1) is 11.3 Å². The van der Waals surface area contributed by atoms with Crippen molar-refractivity contribution in [1.29, 1.82) is 0 Å². The maximum Gasteiger partial charge on any atom is 0.224 e. The molecular weight excluding hydrogens is 367 g/mol. The van der Waals surface area contributed by atoms with Gasteiger partial charge in [0, 0.05) is 25.4 Å². The van der Waals surface area contributed by atoms with Gasteiger partial charge in [-0.15, -0.1) is 11.3 Å². The minimum atomic E-state index is -0.366. The number of halogens is 1. The molecule has 7 heteroatoms. The lowest BCUT2D eigenvalue weighted by atomic mass is 10.1. The normalized spacial score (nSPS) is 11.6. The highest BCUT2D eigenvalue weighted by Crippen LogP contribution is 2.12. The fourth-order valence-corrected chi connectivity index (χ4v) is 3.22. The third-order valence-corrected chi connectivity index (χ3v) is 4.85. The zero-order valence-electron chi connectivity index (χ0n) is 15.2. The Kier molecular flexibility index (Phi) is 8.13. The molecule has 1 aromatic heterocycles. The van der Waals surface area contributed by atoms with E-state index in [1.807, 2.05) is 18.4 Å². The molecule has 0 unspecified atom stereocenters. The molecule has 0 aliphatic rings. The topological polar surface area (TPSA) is 75.3 Å². The average molecular weight is 390 g/mol. The van der Waals surface area contributed by atoms with E-state index < -0.39 is 0 Å². The molecule has 0 saturated heterocycles. The number of nitrogens with one attached hydrogen (secondary N) is 2. The molecule has 0 aliphatic heterocycles. The Labute approximate surface area is 162 Å². The number of ketones is 1. The molecule has 0 bridgehead atoms. The van der Waals surface area contributed by atoms with Gasteiger partial charge in [-0.25, -0.2) is 4.39 Å². The molecule has 1 aromatic carbocycles. The predicted octanol–water partition coefficient (Wildman–Crippen LogP) is 3.10. The van der Waals surface area contributed by atoms with Crippen molar-refractivity contribution in [3.8, 4) is 0 Å². The summed E-state index contributed by atoms with van der Waals surface area (Å²) in [4.78, 5) is 36.3. The van der Waals surface area contributed by atoms with Crippen molar-refractivity contribution in [3.05, 3.63) is 58.0 Å². The lowest BCUT2D eigenvalue weighted by Gasteiger charge is -2.14. The summed E-state index contributed by atoms with van der Waals surface area (Å²) in [6, 6.07) is 9.37. The molecule has 0 radical (unpaired) electrons. The molecule has 1 heterocycles. The summed E-state index contributed by atoms with van der Waals surface area (Å²) in [6.45, 7) is 2.25. The van der Waals surface area contributed by atoms with Gasteiger partial charge in [0.2, 0.25) is 11.8 Å². The first-order valence-electron chi connectivity index (χ1n) is 8.81. The first kappa shape index (κ1) is 20.8. The van der Waals surface area contributed by atoms with Crippen LogP contribution in [0.1, 0.15) is 41.4 Å². The molecule has 0 spiro atoms. The van der Waals surface area contributed by atoms with Crippen LogP contribution in [0.5, 0.6) is 0 Å². The van der Waals surface area contributed by atoms with E-state index in [1.54, 1.807) is 18.2 Å². The van der Waals surface area contributed by atoms with E-state index in [0.717, 1.165) is 0 Å². The summed E-state index contributed by atoms with van der Waals surface area (Å²) >= 11 is 1.37. The van der Waals surface area contributed by atoms with Gasteiger partial charge < -0.3 is 10.6 Å². The second kappa shape index (κ2) is 10.6. The lowest BCUT2D eigenvalue weighted by Crippen LogP contribution is -2.36. The molecule has 2 amide bonds. The van der Waals surface area contributed by atoms with E-state index in [1.165, 1.54) is 23.5 Å². The molecule has 0 aliphatic carbocycles. The highest BCUT2D eigenvalue weighted by molar-refractivity contribution is 7.12.